The summed E-state index contributed by atoms with van der Waals surface area (Å²) in [7, 11) is -2.72. The molecule has 0 aromatic rings. The summed E-state index contributed by atoms with van der Waals surface area (Å²) >= 11 is 0. The van der Waals surface area contributed by atoms with Gasteiger partial charge < -0.3 is 5.32 Å². The molecule has 2 atom stereocenters. The monoisotopic (exact) mass is 232 g/mol. The van der Waals surface area contributed by atoms with Gasteiger partial charge in [-0.15, -0.1) is 0 Å². The number of hydrogen-bond donors (Lipinski definition) is 1. The Morgan fingerprint density at radius 2 is 2.00 bits per heavy atom. The largest absolute Gasteiger partial charge is 0.312 e. The molecule has 0 amide bonds. The summed E-state index contributed by atoms with van der Waals surface area (Å²) < 4.78 is 22.5. The van der Waals surface area contributed by atoms with Crippen LogP contribution in [0.15, 0.2) is 0 Å². The maximum atomic E-state index is 11.3. The lowest BCUT2D eigenvalue weighted by Crippen LogP contribution is -2.47. The van der Waals surface area contributed by atoms with E-state index in [9.17, 15) is 8.42 Å². The van der Waals surface area contributed by atoms with Crippen molar-refractivity contribution in [2.75, 3.05) is 37.7 Å². The molecule has 0 aromatic carbocycles. The molecule has 2 unspecified atom stereocenters. The Hall–Kier alpha value is -0.130. The summed E-state index contributed by atoms with van der Waals surface area (Å²) in [6, 6.07) is 0.561. The van der Waals surface area contributed by atoms with Crippen LogP contribution in [0.3, 0.4) is 0 Å². The summed E-state index contributed by atoms with van der Waals surface area (Å²) in [5, 5.41) is 3.48. The predicted molar refractivity (Wildman–Crippen MR) is 60.7 cm³/mol. The predicted octanol–water partition coefficient (Wildman–Crippen LogP) is -0.285. The second-order valence-electron chi connectivity index (χ2n) is 4.78. The Kier molecular flexibility index (Phi) is 3.33. The molecule has 0 aromatic heterocycles. The summed E-state index contributed by atoms with van der Waals surface area (Å²) in [6.45, 7) is 5.82. The van der Waals surface area contributed by atoms with Crippen LogP contribution < -0.4 is 5.32 Å². The molecule has 4 nitrogen and oxygen atoms in total. The van der Waals surface area contributed by atoms with Gasteiger partial charge in [0, 0.05) is 25.7 Å². The first-order valence-corrected chi connectivity index (χ1v) is 7.55. The second-order valence-corrected chi connectivity index (χ2v) is 7.08. The molecule has 2 aliphatic rings. The van der Waals surface area contributed by atoms with E-state index in [1.165, 1.54) is 6.42 Å². The Bertz CT molecular complexity index is 301. The van der Waals surface area contributed by atoms with Gasteiger partial charge >= 0.3 is 0 Å². The van der Waals surface area contributed by atoms with Crippen molar-refractivity contribution in [2.45, 2.75) is 19.4 Å². The van der Waals surface area contributed by atoms with Crippen LogP contribution in [0.25, 0.3) is 0 Å². The summed E-state index contributed by atoms with van der Waals surface area (Å²) in [5.41, 5.74) is 0. The highest BCUT2D eigenvalue weighted by Gasteiger charge is 2.28. The van der Waals surface area contributed by atoms with E-state index in [0.717, 1.165) is 19.0 Å². The number of nitrogens with one attached hydrogen (secondary N) is 1. The van der Waals surface area contributed by atoms with E-state index in [1.54, 1.807) is 0 Å². The van der Waals surface area contributed by atoms with Crippen LogP contribution in [-0.2, 0) is 9.84 Å². The molecular weight excluding hydrogens is 212 g/mol. The molecule has 2 rings (SSSR count). The van der Waals surface area contributed by atoms with Crippen molar-refractivity contribution in [2.24, 2.45) is 5.92 Å². The molecule has 15 heavy (non-hydrogen) atoms. The molecule has 0 saturated carbocycles. The molecule has 88 valence electrons. The third-order valence-corrected chi connectivity index (χ3v) is 5.19. The van der Waals surface area contributed by atoms with Crippen LogP contribution in [-0.4, -0.2) is 57.0 Å². The van der Waals surface area contributed by atoms with Crippen molar-refractivity contribution in [3.63, 3.8) is 0 Å². The fraction of sp³-hybridized carbons (Fsp3) is 1.00. The molecule has 2 saturated heterocycles. The third-order valence-electron chi connectivity index (χ3n) is 3.59. The smallest absolute Gasteiger partial charge is 0.152 e. The average molecular weight is 232 g/mol. The normalized spacial score (nSPS) is 36.9. The maximum absolute atomic E-state index is 11.3. The van der Waals surface area contributed by atoms with E-state index in [-0.39, 0.29) is 0 Å². The number of rotatable bonds is 2. The maximum Gasteiger partial charge on any atom is 0.152 e. The summed E-state index contributed by atoms with van der Waals surface area (Å²) in [5.74, 6) is 1.41. The number of nitrogens with zero attached hydrogens (tertiary/aromatic N) is 1. The fourth-order valence-electron chi connectivity index (χ4n) is 2.35. The minimum absolute atomic E-state index is 0.341. The van der Waals surface area contributed by atoms with E-state index >= 15 is 0 Å². The van der Waals surface area contributed by atoms with Gasteiger partial charge in [0.05, 0.1) is 11.5 Å². The second kappa shape index (κ2) is 4.39. The molecule has 0 aliphatic carbocycles. The quantitative estimate of drug-likeness (QED) is 0.711. The van der Waals surface area contributed by atoms with Gasteiger partial charge in [0.25, 0.3) is 0 Å². The van der Waals surface area contributed by atoms with Gasteiger partial charge in [0.15, 0.2) is 9.84 Å². The average Bonchev–Trinajstić information content (AvgIpc) is 2.56. The molecule has 2 fully saturated rings. The Morgan fingerprint density at radius 3 is 2.53 bits per heavy atom. The summed E-state index contributed by atoms with van der Waals surface area (Å²) in [6.07, 6.45) is 1.25. The van der Waals surface area contributed by atoms with Gasteiger partial charge in [-0.1, -0.05) is 6.92 Å². The molecule has 2 aliphatic heterocycles. The van der Waals surface area contributed by atoms with E-state index in [1.807, 2.05) is 0 Å². The first-order chi connectivity index (χ1) is 7.07. The molecule has 0 spiro atoms. The zero-order chi connectivity index (χ0) is 10.9. The lowest BCUT2D eigenvalue weighted by molar-refractivity contribution is 0.250. The lowest BCUT2D eigenvalue weighted by Gasteiger charge is -2.30. The number of hydrogen-bond acceptors (Lipinski definition) is 4. The van der Waals surface area contributed by atoms with Crippen molar-refractivity contribution in [1.82, 2.24) is 10.2 Å². The highest BCUT2D eigenvalue weighted by Crippen LogP contribution is 2.16. The highest BCUT2D eigenvalue weighted by molar-refractivity contribution is 7.91. The van der Waals surface area contributed by atoms with Gasteiger partial charge in [-0.3, -0.25) is 4.90 Å². The van der Waals surface area contributed by atoms with E-state index < -0.39 is 9.84 Å². The Balaban J connectivity index is 1.81. The van der Waals surface area contributed by atoms with Crippen molar-refractivity contribution < 1.29 is 8.42 Å². The van der Waals surface area contributed by atoms with Crippen molar-refractivity contribution >= 4 is 9.84 Å². The summed E-state index contributed by atoms with van der Waals surface area (Å²) in [4.78, 5) is 2.28. The zero-order valence-corrected chi connectivity index (χ0v) is 10.1. The lowest BCUT2D eigenvalue weighted by atomic mass is 10.0. The molecule has 0 bridgehead atoms. The van der Waals surface area contributed by atoms with Crippen molar-refractivity contribution in [3.8, 4) is 0 Å². The first kappa shape index (κ1) is 11.4. The van der Waals surface area contributed by atoms with Gasteiger partial charge in [-0.2, -0.15) is 0 Å². The van der Waals surface area contributed by atoms with E-state index in [2.05, 4.69) is 17.1 Å². The number of sulfone groups is 1. The minimum Gasteiger partial charge on any atom is -0.312 e. The van der Waals surface area contributed by atoms with Gasteiger partial charge in [-0.05, 0) is 18.9 Å². The van der Waals surface area contributed by atoms with Crippen molar-refractivity contribution in [1.29, 1.82) is 0 Å². The van der Waals surface area contributed by atoms with Crippen LogP contribution in [0.4, 0.5) is 0 Å². The fourth-order valence-corrected chi connectivity index (χ4v) is 3.63. The Labute approximate surface area is 91.9 Å². The minimum atomic E-state index is -2.72. The van der Waals surface area contributed by atoms with Gasteiger partial charge in [0.1, 0.15) is 0 Å². The topological polar surface area (TPSA) is 49.4 Å². The third kappa shape index (κ3) is 2.92. The molecule has 0 radical (unpaired) electrons. The van der Waals surface area contributed by atoms with E-state index in [4.69, 9.17) is 0 Å². The standard InChI is InChI=1S/C10H20N2O2S/c1-9-2-3-11-10(9)8-12-4-6-15(13,14)7-5-12/h9-11H,2-8H2,1H3. The molecular formula is C10H20N2O2S. The Morgan fingerprint density at radius 1 is 1.33 bits per heavy atom. The highest BCUT2D eigenvalue weighted by atomic mass is 32.2. The van der Waals surface area contributed by atoms with E-state index in [0.29, 0.717) is 30.6 Å². The van der Waals surface area contributed by atoms with Gasteiger partial charge in [0.2, 0.25) is 0 Å². The first-order valence-electron chi connectivity index (χ1n) is 5.73. The SMILES string of the molecule is CC1CCNC1CN1CCS(=O)(=O)CC1. The van der Waals surface area contributed by atoms with Crippen LogP contribution in [0, 0.1) is 5.92 Å². The van der Waals surface area contributed by atoms with Crippen LogP contribution >= 0.6 is 0 Å². The molecule has 1 N–H and O–H groups in total. The molecule has 2 heterocycles. The van der Waals surface area contributed by atoms with Gasteiger partial charge in [-0.25, -0.2) is 8.42 Å². The van der Waals surface area contributed by atoms with Crippen molar-refractivity contribution in [3.05, 3.63) is 0 Å². The van der Waals surface area contributed by atoms with Crippen LogP contribution in [0.1, 0.15) is 13.3 Å². The van der Waals surface area contributed by atoms with Crippen LogP contribution in [0.2, 0.25) is 0 Å². The van der Waals surface area contributed by atoms with Crippen LogP contribution in [0.5, 0.6) is 0 Å². The molecule has 5 heteroatoms. The zero-order valence-electron chi connectivity index (χ0n) is 9.28.